The number of piperazine rings is 1. The van der Waals surface area contributed by atoms with Crippen molar-refractivity contribution in [2.24, 2.45) is 5.10 Å². The lowest BCUT2D eigenvalue weighted by atomic mass is 9.94. The standard InChI is InChI=1S/C21H16ClFN4O2/c22-15-5-3-6-16(23)14(15)9-24-27-11-20(28)26-10-18-13(8-19(26)21(27)29)12-4-1-2-7-17(12)25-18/h1-7,9,19,25H,8,10-11H2. The lowest BCUT2D eigenvalue weighted by Crippen LogP contribution is -2.60. The maximum atomic E-state index is 14.0. The number of carbonyl (C=O) groups is 2. The predicted molar refractivity (Wildman–Crippen MR) is 107 cm³/mol. The highest BCUT2D eigenvalue weighted by molar-refractivity contribution is 6.33. The Morgan fingerprint density at radius 2 is 1.97 bits per heavy atom. The van der Waals surface area contributed by atoms with Crippen LogP contribution in [0.2, 0.25) is 5.02 Å². The minimum atomic E-state index is -0.629. The first kappa shape index (κ1) is 17.9. The molecule has 0 saturated carbocycles. The van der Waals surface area contributed by atoms with E-state index in [1.807, 2.05) is 24.3 Å². The number of hydrogen-bond donors (Lipinski definition) is 1. The molecule has 2 aliphatic rings. The van der Waals surface area contributed by atoms with Crippen molar-refractivity contribution >= 4 is 40.5 Å². The number of carbonyl (C=O) groups excluding carboxylic acids is 2. The molecule has 6 nitrogen and oxygen atoms in total. The molecule has 1 atom stereocenters. The molecule has 2 amide bonds. The Balaban J connectivity index is 1.46. The third kappa shape index (κ3) is 2.89. The normalized spacial score (nSPS) is 19.2. The van der Waals surface area contributed by atoms with Crippen LogP contribution in [0.3, 0.4) is 0 Å². The molecule has 0 aliphatic carbocycles. The maximum Gasteiger partial charge on any atom is 0.266 e. The zero-order valence-electron chi connectivity index (χ0n) is 15.2. The zero-order valence-corrected chi connectivity index (χ0v) is 16.0. The van der Waals surface area contributed by atoms with Gasteiger partial charge in [-0.25, -0.2) is 9.40 Å². The summed E-state index contributed by atoms with van der Waals surface area (Å²) in [5.41, 5.74) is 3.07. The SMILES string of the molecule is O=C1C2Cc3c([nH]c4ccccc34)CN2C(=O)CN1N=Cc1c(F)cccc1Cl. The first-order valence-corrected chi connectivity index (χ1v) is 9.58. The summed E-state index contributed by atoms with van der Waals surface area (Å²) in [6, 6.07) is 11.5. The fraction of sp³-hybridized carbons (Fsp3) is 0.190. The van der Waals surface area contributed by atoms with E-state index < -0.39 is 11.9 Å². The highest BCUT2D eigenvalue weighted by Gasteiger charge is 2.43. The second-order valence-electron chi connectivity index (χ2n) is 7.15. The van der Waals surface area contributed by atoms with Gasteiger partial charge in [0.1, 0.15) is 18.4 Å². The highest BCUT2D eigenvalue weighted by atomic mass is 35.5. The summed E-state index contributed by atoms with van der Waals surface area (Å²) in [6.45, 7) is 0.170. The van der Waals surface area contributed by atoms with Crippen LogP contribution in [0.15, 0.2) is 47.6 Å². The highest BCUT2D eigenvalue weighted by Crippen LogP contribution is 2.32. The molecule has 0 spiro atoms. The summed E-state index contributed by atoms with van der Waals surface area (Å²) in [5.74, 6) is -1.03. The number of aromatic nitrogens is 1. The van der Waals surface area contributed by atoms with E-state index in [2.05, 4.69) is 10.1 Å². The fourth-order valence-corrected chi connectivity index (χ4v) is 4.23. The van der Waals surface area contributed by atoms with Crippen molar-refractivity contribution in [1.82, 2.24) is 14.9 Å². The molecule has 0 bridgehead atoms. The minimum absolute atomic E-state index is 0.0828. The third-order valence-electron chi connectivity index (χ3n) is 5.47. The molecular weight excluding hydrogens is 395 g/mol. The molecule has 2 aliphatic heterocycles. The number of hydrogen-bond acceptors (Lipinski definition) is 3. The number of halogens is 2. The quantitative estimate of drug-likeness (QED) is 0.659. The molecule has 3 heterocycles. The van der Waals surface area contributed by atoms with E-state index in [4.69, 9.17) is 11.6 Å². The van der Waals surface area contributed by atoms with Crippen molar-refractivity contribution in [2.45, 2.75) is 19.0 Å². The molecule has 0 radical (unpaired) electrons. The molecule has 1 unspecified atom stereocenters. The smallest absolute Gasteiger partial charge is 0.266 e. The van der Waals surface area contributed by atoms with Crippen LogP contribution in [-0.2, 0) is 22.6 Å². The zero-order chi connectivity index (χ0) is 20.1. The number of hydrazone groups is 1. The topological polar surface area (TPSA) is 68.8 Å². The molecular formula is C21H16ClFN4O2. The molecule has 8 heteroatoms. The first-order chi connectivity index (χ1) is 14.0. The monoisotopic (exact) mass is 410 g/mol. The van der Waals surface area contributed by atoms with Gasteiger partial charge in [-0.05, 0) is 23.8 Å². The molecule has 5 rings (SSSR count). The van der Waals surface area contributed by atoms with E-state index in [-0.39, 0.29) is 28.9 Å². The number of benzene rings is 2. The fourth-order valence-electron chi connectivity index (χ4n) is 4.02. The summed E-state index contributed by atoms with van der Waals surface area (Å²) in [4.78, 5) is 30.7. The van der Waals surface area contributed by atoms with Crippen molar-refractivity contribution in [3.05, 3.63) is 70.1 Å². The van der Waals surface area contributed by atoms with Gasteiger partial charge in [0.05, 0.1) is 17.8 Å². The van der Waals surface area contributed by atoms with Crippen LogP contribution in [0.25, 0.3) is 10.9 Å². The van der Waals surface area contributed by atoms with Crippen LogP contribution in [0, 0.1) is 5.82 Å². The van der Waals surface area contributed by atoms with E-state index in [1.165, 1.54) is 24.4 Å². The van der Waals surface area contributed by atoms with Gasteiger partial charge in [0, 0.05) is 28.6 Å². The van der Waals surface area contributed by atoms with Crippen molar-refractivity contribution in [3.63, 3.8) is 0 Å². The summed E-state index contributed by atoms with van der Waals surface area (Å²) in [6.07, 6.45) is 1.61. The minimum Gasteiger partial charge on any atom is -0.357 e. The van der Waals surface area contributed by atoms with Crippen molar-refractivity contribution < 1.29 is 14.0 Å². The Morgan fingerprint density at radius 1 is 1.14 bits per heavy atom. The number of amides is 2. The molecule has 1 N–H and O–H groups in total. The Kier molecular flexibility index (Phi) is 4.13. The van der Waals surface area contributed by atoms with Crippen LogP contribution in [0.1, 0.15) is 16.8 Å². The van der Waals surface area contributed by atoms with Crippen LogP contribution in [0.5, 0.6) is 0 Å². The Morgan fingerprint density at radius 3 is 2.79 bits per heavy atom. The number of nitrogens with zero attached hydrogens (tertiary/aromatic N) is 3. The molecule has 1 saturated heterocycles. The summed E-state index contributed by atoms with van der Waals surface area (Å²) < 4.78 is 14.0. The lowest BCUT2D eigenvalue weighted by molar-refractivity contribution is -0.157. The number of fused-ring (bicyclic) bond motifs is 4. The summed E-state index contributed by atoms with van der Waals surface area (Å²) >= 11 is 6.01. The van der Waals surface area contributed by atoms with E-state index in [0.29, 0.717) is 13.0 Å². The van der Waals surface area contributed by atoms with Gasteiger partial charge in [0.25, 0.3) is 5.91 Å². The second-order valence-corrected chi connectivity index (χ2v) is 7.55. The van der Waals surface area contributed by atoms with Gasteiger partial charge in [-0.2, -0.15) is 5.10 Å². The Labute approximate surface area is 170 Å². The van der Waals surface area contributed by atoms with Gasteiger partial charge in [0.15, 0.2) is 0 Å². The van der Waals surface area contributed by atoms with Crippen LogP contribution in [0.4, 0.5) is 4.39 Å². The Bertz CT molecular complexity index is 1170. The third-order valence-corrected chi connectivity index (χ3v) is 5.80. The van der Waals surface area contributed by atoms with Gasteiger partial charge < -0.3 is 9.88 Å². The average Bonchev–Trinajstić information content (AvgIpc) is 3.07. The van der Waals surface area contributed by atoms with Gasteiger partial charge in [0.2, 0.25) is 5.91 Å². The van der Waals surface area contributed by atoms with Gasteiger partial charge in [-0.1, -0.05) is 35.9 Å². The lowest BCUT2D eigenvalue weighted by Gasteiger charge is -2.40. The molecule has 2 aromatic carbocycles. The van der Waals surface area contributed by atoms with Gasteiger partial charge >= 0.3 is 0 Å². The number of H-pyrrole nitrogens is 1. The molecule has 1 aromatic heterocycles. The molecule has 146 valence electrons. The first-order valence-electron chi connectivity index (χ1n) is 9.20. The van der Waals surface area contributed by atoms with Crippen molar-refractivity contribution in [1.29, 1.82) is 0 Å². The number of rotatable bonds is 2. The van der Waals surface area contributed by atoms with Gasteiger partial charge in [-0.15, -0.1) is 0 Å². The predicted octanol–water partition coefficient (Wildman–Crippen LogP) is 3.09. The summed E-state index contributed by atoms with van der Waals surface area (Å²) in [5, 5.41) is 6.43. The number of para-hydroxylation sites is 1. The second kappa shape index (κ2) is 6.70. The van der Waals surface area contributed by atoms with Crippen LogP contribution >= 0.6 is 11.6 Å². The van der Waals surface area contributed by atoms with E-state index >= 15 is 0 Å². The molecule has 29 heavy (non-hydrogen) atoms. The molecule has 1 fully saturated rings. The van der Waals surface area contributed by atoms with Crippen molar-refractivity contribution in [2.75, 3.05) is 6.54 Å². The van der Waals surface area contributed by atoms with Crippen molar-refractivity contribution in [3.8, 4) is 0 Å². The largest absolute Gasteiger partial charge is 0.357 e. The maximum absolute atomic E-state index is 14.0. The summed E-state index contributed by atoms with van der Waals surface area (Å²) in [7, 11) is 0. The average molecular weight is 411 g/mol. The Hall–Kier alpha value is -3.19. The van der Waals surface area contributed by atoms with E-state index in [9.17, 15) is 14.0 Å². The van der Waals surface area contributed by atoms with Crippen LogP contribution < -0.4 is 0 Å². The van der Waals surface area contributed by atoms with Crippen LogP contribution in [-0.4, -0.2) is 45.5 Å². The number of nitrogens with one attached hydrogen (secondary N) is 1. The number of aromatic amines is 1. The van der Waals surface area contributed by atoms with E-state index in [0.717, 1.165) is 27.2 Å². The molecule has 3 aromatic rings. The van der Waals surface area contributed by atoms with E-state index in [1.54, 1.807) is 4.90 Å². The van der Waals surface area contributed by atoms with Gasteiger partial charge in [-0.3, -0.25) is 9.59 Å².